The number of likely N-dealkylation sites (tertiary alicyclic amines) is 1. The first-order valence-corrected chi connectivity index (χ1v) is 4.35. The van der Waals surface area contributed by atoms with Crippen LogP contribution in [-0.2, 0) is 9.59 Å². The van der Waals surface area contributed by atoms with Gasteiger partial charge in [-0.1, -0.05) is 5.92 Å². The smallest absolute Gasteiger partial charge is 0.471 e. The summed E-state index contributed by atoms with van der Waals surface area (Å²) in [5.41, 5.74) is -2.16. The van der Waals surface area contributed by atoms with Gasteiger partial charge >= 0.3 is 18.1 Å². The van der Waals surface area contributed by atoms with Gasteiger partial charge in [0, 0.05) is 6.54 Å². The van der Waals surface area contributed by atoms with Crippen molar-refractivity contribution in [3.8, 4) is 12.3 Å². The Hall–Kier alpha value is -1.71. The zero-order valence-electron chi connectivity index (χ0n) is 8.04. The molecule has 0 radical (unpaired) electrons. The summed E-state index contributed by atoms with van der Waals surface area (Å²) in [5, 5.41) is 8.85. The van der Waals surface area contributed by atoms with Gasteiger partial charge in [-0.3, -0.25) is 4.79 Å². The lowest BCUT2D eigenvalue weighted by molar-refractivity contribution is -0.190. The first-order valence-electron chi connectivity index (χ1n) is 4.35. The second-order valence-corrected chi connectivity index (χ2v) is 3.37. The van der Waals surface area contributed by atoms with E-state index in [4.69, 9.17) is 11.5 Å². The third-order valence-corrected chi connectivity index (χ3v) is 2.46. The Labute approximate surface area is 89.0 Å². The summed E-state index contributed by atoms with van der Waals surface area (Å²) in [6.07, 6.45) is -0.189. The van der Waals surface area contributed by atoms with Crippen molar-refractivity contribution in [1.82, 2.24) is 4.90 Å². The van der Waals surface area contributed by atoms with E-state index in [2.05, 4.69) is 0 Å². The van der Waals surface area contributed by atoms with Crippen molar-refractivity contribution < 1.29 is 27.9 Å². The Morgan fingerprint density at radius 3 is 2.38 bits per heavy atom. The number of hydrogen-bond acceptors (Lipinski definition) is 2. The molecule has 1 aliphatic rings. The summed E-state index contributed by atoms with van der Waals surface area (Å²) in [7, 11) is 0. The van der Waals surface area contributed by atoms with E-state index in [0.717, 1.165) is 0 Å². The van der Waals surface area contributed by atoms with Crippen LogP contribution in [0.1, 0.15) is 12.8 Å². The van der Waals surface area contributed by atoms with Crippen molar-refractivity contribution in [1.29, 1.82) is 0 Å². The van der Waals surface area contributed by atoms with Gasteiger partial charge < -0.3 is 10.0 Å². The molecule has 0 bridgehead atoms. The van der Waals surface area contributed by atoms with Crippen molar-refractivity contribution in [2.24, 2.45) is 0 Å². The molecular formula is C9H8F3NO3. The van der Waals surface area contributed by atoms with Gasteiger partial charge in [-0.05, 0) is 12.8 Å². The number of carboxylic acids is 1. The third kappa shape index (κ3) is 1.71. The molecular weight excluding hydrogens is 227 g/mol. The average molecular weight is 235 g/mol. The van der Waals surface area contributed by atoms with Gasteiger partial charge in [0.2, 0.25) is 5.54 Å². The highest BCUT2D eigenvalue weighted by molar-refractivity contribution is 5.92. The zero-order chi connectivity index (χ0) is 12.6. The number of hydrogen-bond donors (Lipinski definition) is 1. The number of terminal acetylenes is 1. The first kappa shape index (κ1) is 12.4. The highest BCUT2D eigenvalue weighted by atomic mass is 19.4. The molecule has 1 aliphatic heterocycles. The summed E-state index contributed by atoms with van der Waals surface area (Å²) in [4.78, 5) is 22.1. The number of rotatable bonds is 1. The second-order valence-electron chi connectivity index (χ2n) is 3.37. The van der Waals surface area contributed by atoms with E-state index in [1.54, 1.807) is 5.92 Å². The maximum absolute atomic E-state index is 12.2. The fraction of sp³-hybridized carbons (Fsp3) is 0.556. The van der Waals surface area contributed by atoms with Crippen molar-refractivity contribution in [2.75, 3.05) is 6.54 Å². The van der Waals surface area contributed by atoms with Crippen LogP contribution in [0.4, 0.5) is 13.2 Å². The summed E-state index contributed by atoms with van der Waals surface area (Å²) in [6, 6.07) is 0. The summed E-state index contributed by atoms with van der Waals surface area (Å²) < 4.78 is 36.6. The van der Waals surface area contributed by atoms with Crippen LogP contribution in [0.3, 0.4) is 0 Å². The van der Waals surface area contributed by atoms with Crippen LogP contribution in [0.2, 0.25) is 0 Å². The minimum Gasteiger partial charge on any atom is -0.479 e. The molecule has 7 heteroatoms. The number of carbonyl (C=O) groups is 2. The monoisotopic (exact) mass is 235 g/mol. The molecule has 0 unspecified atom stereocenters. The predicted octanol–water partition coefficient (Wildman–Crippen LogP) is 0.628. The lowest BCUT2D eigenvalue weighted by Gasteiger charge is -2.30. The van der Waals surface area contributed by atoms with E-state index in [1.165, 1.54) is 0 Å². The molecule has 0 aliphatic carbocycles. The standard InChI is InChI=1S/C9H8F3NO3/c1-2-8(7(15)16)4-3-5-13(8)6(14)9(10,11)12/h1H,3-5H2,(H,15,16)/t8-/m1/s1. The van der Waals surface area contributed by atoms with Gasteiger partial charge in [0.05, 0.1) is 0 Å². The van der Waals surface area contributed by atoms with Crippen LogP contribution < -0.4 is 0 Å². The van der Waals surface area contributed by atoms with E-state index >= 15 is 0 Å². The van der Waals surface area contributed by atoms with Crippen molar-refractivity contribution in [3.05, 3.63) is 0 Å². The quantitative estimate of drug-likeness (QED) is 0.678. The number of halogens is 3. The van der Waals surface area contributed by atoms with Crippen LogP contribution >= 0.6 is 0 Å². The van der Waals surface area contributed by atoms with Crippen molar-refractivity contribution in [3.63, 3.8) is 0 Å². The Kier molecular flexibility index (Phi) is 2.86. The molecule has 4 nitrogen and oxygen atoms in total. The molecule has 1 N–H and O–H groups in total. The molecule has 0 aromatic rings. The number of alkyl halides is 3. The van der Waals surface area contributed by atoms with Crippen molar-refractivity contribution >= 4 is 11.9 Å². The highest BCUT2D eigenvalue weighted by Gasteiger charge is 2.55. The van der Waals surface area contributed by atoms with Crippen molar-refractivity contribution in [2.45, 2.75) is 24.6 Å². The Bertz CT molecular complexity index is 371. The molecule has 0 aromatic heterocycles. The topological polar surface area (TPSA) is 57.6 Å². The molecule has 1 fully saturated rings. The van der Waals surface area contributed by atoms with Crippen LogP contribution in [0.5, 0.6) is 0 Å². The number of aliphatic carboxylic acids is 1. The van der Waals surface area contributed by atoms with E-state index in [-0.39, 0.29) is 24.3 Å². The van der Waals surface area contributed by atoms with Gasteiger partial charge in [-0.2, -0.15) is 13.2 Å². The molecule has 1 rings (SSSR count). The fourth-order valence-electron chi connectivity index (χ4n) is 1.68. The normalized spacial score (nSPS) is 25.2. The lowest BCUT2D eigenvalue weighted by atomic mass is 9.97. The third-order valence-electron chi connectivity index (χ3n) is 2.46. The molecule has 16 heavy (non-hydrogen) atoms. The minimum atomic E-state index is -5.11. The molecule has 1 heterocycles. The van der Waals surface area contributed by atoms with Crippen LogP contribution in [0, 0.1) is 12.3 Å². The molecule has 1 saturated heterocycles. The second kappa shape index (κ2) is 3.70. The molecule has 0 saturated carbocycles. The number of carbonyl (C=O) groups excluding carboxylic acids is 1. The van der Waals surface area contributed by atoms with Gasteiger partial charge in [0.15, 0.2) is 0 Å². The van der Waals surface area contributed by atoms with Gasteiger partial charge in [-0.15, -0.1) is 6.42 Å². The largest absolute Gasteiger partial charge is 0.479 e. The molecule has 88 valence electrons. The highest BCUT2D eigenvalue weighted by Crippen LogP contribution is 2.33. The average Bonchev–Trinajstić information content (AvgIpc) is 2.59. The van der Waals surface area contributed by atoms with Gasteiger partial charge in [-0.25, -0.2) is 4.79 Å². The molecule has 0 aromatic carbocycles. The summed E-state index contributed by atoms with van der Waals surface area (Å²) in [5.74, 6) is -2.02. The lowest BCUT2D eigenvalue weighted by Crippen LogP contribution is -2.55. The molecule has 0 spiro atoms. The predicted molar refractivity (Wildman–Crippen MR) is 46.2 cm³/mol. The van der Waals surface area contributed by atoms with E-state index in [1.807, 2.05) is 0 Å². The fourth-order valence-corrected chi connectivity index (χ4v) is 1.68. The maximum atomic E-state index is 12.2. The van der Waals surface area contributed by atoms with Gasteiger partial charge in [0.1, 0.15) is 0 Å². The van der Waals surface area contributed by atoms with Gasteiger partial charge in [0.25, 0.3) is 0 Å². The summed E-state index contributed by atoms with van der Waals surface area (Å²) in [6.45, 7) is -0.297. The van der Waals surface area contributed by atoms with E-state index < -0.39 is 23.6 Å². The maximum Gasteiger partial charge on any atom is 0.471 e. The molecule has 1 atom stereocenters. The Morgan fingerprint density at radius 2 is 2.00 bits per heavy atom. The SMILES string of the molecule is C#C[C@]1(C(=O)O)CCCN1C(=O)C(F)(F)F. The number of nitrogens with zero attached hydrogens (tertiary/aromatic N) is 1. The van der Waals surface area contributed by atoms with E-state index in [9.17, 15) is 22.8 Å². The van der Waals surface area contributed by atoms with Crippen LogP contribution in [-0.4, -0.2) is 40.1 Å². The van der Waals surface area contributed by atoms with E-state index in [0.29, 0.717) is 0 Å². The zero-order valence-corrected chi connectivity index (χ0v) is 8.04. The Balaban J connectivity index is 3.11. The molecule has 1 amide bonds. The number of amides is 1. The minimum absolute atomic E-state index is 0.137. The number of carboxylic acid groups (broad SMARTS) is 1. The summed E-state index contributed by atoms with van der Waals surface area (Å²) >= 11 is 0. The van der Waals surface area contributed by atoms with Crippen LogP contribution in [0.15, 0.2) is 0 Å². The Morgan fingerprint density at radius 1 is 1.44 bits per heavy atom. The van der Waals surface area contributed by atoms with Crippen LogP contribution in [0.25, 0.3) is 0 Å². The first-order chi connectivity index (χ1) is 7.25.